The maximum atomic E-state index is 15.4. The largest absolute Gasteiger partial charge is 0.506 e. The first-order chi connectivity index (χ1) is 22.9. The Morgan fingerprint density at radius 3 is 2.52 bits per heavy atom. The molecular formula is C32H32FN7O7S. The van der Waals surface area contributed by atoms with E-state index in [9.17, 15) is 32.7 Å². The van der Waals surface area contributed by atoms with Crippen LogP contribution in [0.2, 0.25) is 0 Å². The van der Waals surface area contributed by atoms with Gasteiger partial charge >= 0.3 is 10.2 Å². The Labute approximate surface area is 274 Å². The lowest BCUT2D eigenvalue weighted by molar-refractivity contribution is -0.136. The van der Waals surface area contributed by atoms with E-state index in [0.29, 0.717) is 29.5 Å². The van der Waals surface area contributed by atoms with Crippen molar-refractivity contribution in [1.82, 2.24) is 24.7 Å². The molecule has 16 heteroatoms. The molecule has 0 spiro atoms. The van der Waals surface area contributed by atoms with Gasteiger partial charge in [-0.25, -0.2) is 13.4 Å². The minimum absolute atomic E-state index is 0.00845. The van der Waals surface area contributed by atoms with Crippen LogP contribution in [-0.2, 0) is 29.4 Å². The highest BCUT2D eigenvalue weighted by Crippen LogP contribution is 2.39. The molecule has 0 radical (unpaired) electrons. The summed E-state index contributed by atoms with van der Waals surface area (Å²) in [5.41, 5.74) is 2.57. The molecule has 3 saturated heterocycles. The van der Waals surface area contributed by atoms with Gasteiger partial charge < -0.3 is 10.4 Å². The van der Waals surface area contributed by atoms with E-state index in [-0.39, 0.29) is 47.4 Å². The third-order valence-corrected chi connectivity index (χ3v) is 10.6. The number of nitrogens with zero attached hydrogens (tertiary/aromatic N) is 4. The fourth-order valence-corrected chi connectivity index (χ4v) is 8.01. The summed E-state index contributed by atoms with van der Waals surface area (Å²) in [6, 6.07) is 11.2. The Hall–Kier alpha value is -5.09. The van der Waals surface area contributed by atoms with Crippen LogP contribution in [0.25, 0.3) is 21.7 Å². The number of carbonyl (C=O) groups excluding carboxylic acids is 4. The van der Waals surface area contributed by atoms with E-state index in [1.54, 1.807) is 9.40 Å². The summed E-state index contributed by atoms with van der Waals surface area (Å²) in [6.07, 6.45) is 2.36. The second-order valence-corrected chi connectivity index (χ2v) is 14.0. The number of rotatable bonds is 6. The van der Waals surface area contributed by atoms with Gasteiger partial charge in [-0.3, -0.25) is 34.1 Å². The molecule has 3 aliphatic rings. The molecule has 48 heavy (non-hydrogen) atoms. The molecule has 250 valence electrons. The highest BCUT2D eigenvalue weighted by molar-refractivity contribution is 7.92. The fourth-order valence-electron chi connectivity index (χ4n) is 6.85. The number of halogens is 1. The average Bonchev–Trinajstić information content (AvgIpc) is 3.50. The maximum absolute atomic E-state index is 15.4. The molecule has 7 rings (SSSR count). The molecule has 1 atom stereocenters. The van der Waals surface area contributed by atoms with Gasteiger partial charge in [0.1, 0.15) is 24.0 Å². The van der Waals surface area contributed by atoms with E-state index in [2.05, 4.69) is 32.8 Å². The van der Waals surface area contributed by atoms with Crippen LogP contribution in [-0.4, -0.2) is 78.0 Å². The predicted octanol–water partition coefficient (Wildman–Crippen LogP) is 2.32. The first-order valence-electron chi connectivity index (χ1n) is 15.5. The number of fused-ring (bicyclic) bond motifs is 2. The van der Waals surface area contributed by atoms with Crippen molar-refractivity contribution < 1.29 is 37.1 Å². The van der Waals surface area contributed by atoms with Gasteiger partial charge in [-0.2, -0.15) is 13.5 Å². The first kappa shape index (κ1) is 31.5. The third-order valence-electron chi connectivity index (χ3n) is 9.23. The maximum Gasteiger partial charge on any atom is 0.326 e. The van der Waals surface area contributed by atoms with Crippen LogP contribution in [0, 0.1) is 12.7 Å². The molecule has 3 aliphatic heterocycles. The molecule has 4 N–H and O–H groups in total. The number of anilines is 2. The number of aromatic nitrogens is 2. The number of piperidine rings is 2. The number of phenols is 1. The Morgan fingerprint density at radius 1 is 1.04 bits per heavy atom. The van der Waals surface area contributed by atoms with Gasteiger partial charge in [-0.15, -0.1) is 0 Å². The molecule has 3 fully saturated rings. The number of imide groups is 1. The topological polar surface area (TPSA) is 183 Å². The molecule has 14 nitrogen and oxygen atoms in total. The standard InChI is InChI=1S/C32H32FN7O7S/c1-17-23-13-19(2-5-24(23)40(36-17)25-6-7-27(42)35-32(25)45)18-8-10-38(11-9-18)15-28(43)34-21-3-4-22-20(12-21)14-26(41)31(30(22)33)39-16-29(44)37-48(39,46)47/h2-5,12-14,18,25,41H,6-11,15-16H2,1H3,(H,34,43)(H,37,44)(H,35,42,45). The van der Waals surface area contributed by atoms with Gasteiger partial charge in [0.15, 0.2) is 5.82 Å². The van der Waals surface area contributed by atoms with Gasteiger partial charge in [0.25, 0.3) is 11.8 Å². The minimum atomic E-state index is -4.33. The second-order valence-electron chi connectivity index (χ2n) is 12.4. The molecule has 3 aromatic carbocycles. The van der Waals surface area contributed by atoms with Crippen molar-refractivity contribution in [3.63, 3.8) is 0 Å². The van der Waals surface area contributed by atoms with Crippen LogP contribution < -0.4 is 19.7 Å². The summed E-state index contributed by atoms with van der Waals surface area (Å²) in [7, 11) is -4.33. The summed E-state index contributed by atoms with van der Waals surface area (Å²) in [5, 5.41) is 21.5. The van der Waals surface area contributed by atoms with Crippen LogP contribution in [0.1, 0.15) is 48.9 Å². The van der Waals surface area contributed by atoms with Crippen LogP contribution in [0.15, 0.2) is 42.5 Å². The first-order valence-corrected chi connectivity index (χ1v) is 16.9. The third kappa shape index (κ3) is 5.70. The number of nitrogens with one attached hydrogen (secondary N) is 3. The lowest BCUT2D eigenvalue weighted by Gasteiger charge is -2.31. The lowest BCUT2D eigenvalue weighted by Crippen LogP contribution is -2.42. The SMILES string of the molecule is Cc1nn(C2CCC(=O)NC2=O)c2ccc(C3CCN(CC(=O)Nc4ccc5c(F)c(N6CC(=O)NS6(=O)=O)c(O)cc5c4)CC3)cc12. The zero-order valence-electron chi connectivity index (χ0n) is 25.8. The van der Waals surface area contributed by atoms with Crippen molar-refractivity contribution in [3.8, 4) is 5.75 Å². The van der Waals surface area contributed by atoms with Crippen LogP contribution in [0.5, 0.6) is 5.75 Å². The summed E-state index contributed by atoms with van der Waals surface area (Å²) in [4.78, 5) is 50.7. The molecule has 0 bridgehead atoms. The van der Waals surface area contributed by atoms with Crippen molar-refractivity contribution in [3.05, 3.63) is 59.5 Å². The monoisotopic (exact) mass is 677 g/mol. The van der Waals surface area contributed by atoms with Crippen LogP contribution >= 0.6 is 0 Å². The molecule has 4 heterocycles. The summed E-state index contributed by atoms with van der Waals surface area (Å²) in [5.74, 6) is -3.11. The van der Waals surface area contributed by atoms with Crippen molar-refractivity contribution in [2.75, 3.05) is 35.8 Å². The second kappa shape index (κ2) is 11.9. The number of benzene rings is 3. The number of amides is 4. The zero-order chi connectivity index (χ0) is 33.9. The van der Waals surface area contributed by atoms with Crippen molar-refractivity contribution >= 4 is 66.9 Å². The van der Waals surface area contributed by atoms with Gasteiger partial charge in [0.05, 0.1) is 17.8 Å². The highest BCUT2D eigenvalue weighted by atomic mass is 32.2. The van der Waals surface area contributed by atoms with E-state index in [0.717, 1.165) is 35.0 Å². The Balaban J connectivity index is 0.982. The van der Waals surface area contributed by atoms with E-state index < -0.39 is 46.0 Å². The van der Waals surface area contributed by atoms with Crippen molar-refractivity contribution in [1.29, 1.82) is 0 Å². The normalized spacial score (nSPS) is 20.3. The predicted molar refractivity (Wildman–Crippen MR) is 173 cm³/mol. The average molecular weight is 678 g/mol. The summed E-state index contributed by atoms with van der Waals surface area (Å²) >= 11 is 0. The zero-order valence-corrected chi connectivity index (χ0v) is 26.6. The van der Waals surface area contributed by atoms with Crippen molar-refractivity contribution in [2.45, 2.75) is 44.6 Å². The van der Waals surface area contributed by atoms with E-state index in [1.165, 1.54) is 24.3 Å². The van der Waals surface area contributed by atoms with Gasteiger partial charge in [-0.05, 0) is 92.5 Å². The Kier molecular flexibility index (Phi) is 7.78. The van der Waals surface area contributed by atoms with E-state index in [4.69, 9.17) is 0 Å². The molecule has 1 unspecified atom stereocenters. The number of likely N-dealkylation sites (tertiary alicyclic amines) is 1. The Bertz CT molecular complexity index is 2140. The lowest BCUT2D eigenvalue weighted by atomic mass is 9.88. The molecule has 0 aliphatic carbocycles. The summed E-state index contributed by atoms with van der Waals surface area (Å²) in [6.45, 7) is 2.79. The van der Waals surface area contributed by atoms with Gasteiger partial charge in [0.2, 0.25) is 11.8 Å². The van der Waals surface area contributed by atoms with Crippen molar-refractivity contribution in [2.24, 2.45) is 0 Å². The number of carbonyl (C=O) groups is 4. The van der Waals surface area contributed by atoms with Gasteiger partial charge in [-0.1, -0.05) is 6.07 Å². The number of hydrogen-bond acceptors (Lipinski definition) is 9. The fraction of sp³-hybridized carbons (Fsp3) is 0.344. The number of hydrogen-bond donors (Lipinski definition) is 4. The number of phenolic OH excluding ortho intramolecular Hbond substituents is 1. The van der Waals surface area contributed by atoms with Crippen LogP contribution in [0.4, 0.5) is 15.8 Å². The molecule has 4 aromatic rings. The number of aromatic hydroxyl groups is 1. The Morgan fingerprint density at radius 2 is 1.81 bits per heavy atom. The highest BCUT2D eigenvalue weighted by Gasteiger charge is 2.38. The van der Waals surface area contributed by atoms with Crippen LogP contribution in [0.3, 0.4) is 0 Å². The minimum Gasteiger partial charge on any atom is -0.506 e. The molecule has 1 aromatic heterocycles. The van der Waals surface area contributed by atoms with Gasteiger partial charge in [0, 0.05) is 22.9 Å². The molecule has 0 saturated carbocycles. The molecular weight excluding hydrogens is 645 g/mol. The smallest absolute Gasteiger partial charge is 0.326 e. The summed E-state index contributed by atoms with van der Waals surface area (Å²) < 4.78 is 43.8. The number of aryl methyl sites for hydroxylation is 1. The molecule has 4 amide bonds. The quantitative estimate of drug-likeness (QED) is 0.223. The van der Waals surface area contributed by atoms with E-state index in [1.807, 2.05) is 13.0 Å². The van der Waals surface area contributed by atoms with E-state index >= 15 is 4.39 Å².